The van der Waals surface area contributed by atoms with Crippen LogP contribution in [0, 0.1) is 0 Å². The first-order valence-electron chi connectivity index (χ1n) is 9.37. The molecule has 0 aliphatic heterocycles. The largest absolute Gasteiger partial charge is 0.484 e. The molecule has 1 amide bonds. The van der Waals surface area contributed by atoms with E-state index >= 15 is 0 Å². The molecule has 1 N–H and O–H groups in total. The lowest BCUT2D eigenvalue weighted by Crippen LogP contribution is -2.23. The first-order chi connectivity index (χ1) is 13.3. The lowest BCUT2D eigenvalue weighted by atomic mass is 10.1. The Balaban J connectivity index is 1.89. The normalized spacial score (nSPS) is 11.4. The zero-order valence-electron chi connectivity index (χ0n) is 16.6. The van der Waals surface area contributed by atoms with E-state index in [4.69, 9.17) is 4.74 Å². The van der Waals surface area contributed by atoms with Gasteiger partial charge in [-0.25, -0.2) is 12.7 Å². The SMILES string of the molecule is CCCCCc1ccc(OCC(=O)Nc2cccc(S(=O)(=O)N(C)C)c2)cc1. The Morgan fingerprint density at radius 2 is 1.79 bits per heavy atom. The Labute approximate surface area is 167 Å². The van der Waals surface area contributed by atoms with Gasteiger partial charge < -0.3 is 10.1 Å². The second-order valence-electron chi connectivity index (χ2n) is 6.75. The molecule has 0 aliphatic carbocycles. The van der Waals surface area contributed by atoms with Crippen LogP contribution in [0.15, 0.2) is 53.4 Å². The highest BCUT2D eigenvalue weighted by Gasteiger charge is 2.17. The van der Waals surface area contributed by atoms with Crippen LogP contribution >= 0.6 is 0 Å². The standard InChI is InChI=1S/C21H28N2O4S/c1-4-5-6-8-17-11-13-19(14-12-17)27-16-21(24)22-18-9-7-10-20(15-18)28(25,26)23(2)3/h7,9-15H,4-6,8,16H2,1-3H3,(H,22,24). The highest BCUT2D eigenvalue weighted by molar-refractivity contribution is 7.89. The third-order valence-corrected chi connectivity index (χ3v) is 6.07. The van der Waals surface area contributed by atoms with Crippen molar-refractivity contribution in [3.8, 4) is 5.75 Å². The first-order valence-corrected chi connectivity index (χ1v) is 10.8. The summed E-state index contributed by atoms with van der Waals surface area (Å²) in [7, 11) is -0.629. The molecule has 0 aliphatic rings. The van der Waals surface area contributed by atoms with E-state index < -0.39 is 10.0 Å². The van der Waals surface area contributed by atoms with E-state index in [1.807, 2.05) is 24.3 Å². The first kappa shape index (κ1) is 21.9. The number of sulfonamides is 1. The summed E-state index contributed by atoms with van der Waals surface area (Å²) in [4.78, 5) is 12.2. The summed E-state index contributed by atoms with van der Waals surface area (Å²) in [5.74, 6) is 0.268. The molecule has 2 aromatic carbocycles. The predicted molar refractivity (Wildman–Crippen MR) is 111 cm³/mol. The van der Waals surface area contributed by atoms with Crippen LogP contribution in [0.1, 0.15) is 31.7 Å². The maximum absolute atomic E-state index is 12.2. The third kappa shape index (κ3) is 6.35. The fourth-order valence-corrected chi connectivity index (χ4v) is 3.57. The molecule has 0 saturated heterocycles. The number of hydrogen-bond acceptors (Lipinski definition) is 4. The third-order valence-electron chi connectivity index (χ3n) is 4.26. The molecule has 0 fully saturated rings. The van der Waals surface area contributed by atoms with Crippen molar-refractivity contribution in [3.05, 3.63) is 54.1 Å². The molecule has 0 radical (unpaired) electrons. The van der Waals surface area contributed by atoms with Crippen molar-refractivity contribution >= 4 is 21.6 Å². The molecule has 0 atom stereocenters. The highest BCUT2D eigenvalue weighted by atomic mass is 32.2. The minimum Gasteiger partial charge on any atom is -0.484 e. The van der Waals surface area contributed by atoms with Crippen molar-refractivity contribution in [2.45, 2.75) is 37.5 Å². The molecule has 6 nitrogen and oxygen atoms in total. The molecule has 2 aromatic rings. The van der Waals surface area contributed by atoms with Crippen molar-refractivity contribution < 1.29 is 17.9 Å². The van der Waals surface area contributed by atoms with Gasteiger partial charge in [0, 0.05) is 19.8 Å². The lowest BCUT2D eigenvalue weighted by Gasteiger charge is -2.13. The summed E-state index contributed by atoms with van der Waals surface area (Å²) in [5, 5.41) is 2.66. The molecular weight excluding hydrogens is 376 g/mol. The Morgan fingerprint density at radius 3 is 2.43 bits per heavy atom. The summed E-state index contributed by atoms with van der Waals surface area (Å²) in [6.45, 7) is 2.03. The molecule has 2 rings (SSSR count). The van der Waals surface area contributed by atoms with Crippen LogP contribution in [-0.2, 0) is 21.2 Å². The number of nitrogens with one attached hydrogen (secondary N) is 1. The van der Waals surface area contributed by atoms with Crippen LogP contribution in [-0.4, -0.2) is 39.3 Å². The Morgan fingerprint density at radius 1 is 1.07 bits per heavy atom. The lowest BCUT2D eigenvalue weighted by molar-refractivity contribution is -0.118. The van der Waals surface area contributed by atoms with E-state index in [1.54, 1.807) is 12.1 Å². The highest BCUT2D eigenvalue weighted by Crippen LogP contribution is 2.18. The second kappa shape index (κ2) is 10.2. The Hall–Kier alpha value is -2.38. The molecule has 0 aromatic heterocycles. The smallest absolute Gasteiger partial charge is 0.262 e. The summed E-state index contributed by atoms with van der Waals surface area (Å²) >= 11 is 0. The molecule has 0 saturated carbocycles. The molecule has 7 heteroatoms. The minimum atomic E-state index is -3.55. The van der Waals surface area contributed by atoms with Crippen LogP contribution in [0.5, 0.6) is 5.75 Å². The number of ether oxygens (including phenoxy) is 1. The number of unbranched alkanes of at least 4 members (excludes halogenated alkanes) is 2. The predicted octanol–water partition coefficient (Wildman–Crippen LogP) is 3.69. The van der Waals surface area contributed by atoms with Crippen LogP contribution in [0.3, 0.4) is 0 Å². The average molecular weight is 405 g/mol. The zero-order chi connectivity index (χ0) is 20.6. The van der Waals surface area contributed by atoms with Crippen molar-refractivity contribution in [3.63, 3.8) is 0 Å². The summed E-state index contributed by atoms with van der Waals surface area (Å²) < 4.78 is 31.0. The van der Waals surface area contributed by atoms with Gasteiger partial charge in [-0.1, -0.05) is 38.0 Å². The number of nitrogens with zero attached hydrogens (tertiary/aromatic N) is 1. The van der Waals surface area contributed by atoms with Crippen LogP contribution < -0.4 is 10.1 Å². The number of rotatable bonds is 10. The van der Waals surface area contributed by atoms with Gasteiger partial charge in [-0.3, -0.25) is 4.79 Å². The van der Waals surface area contributed by atoms with Gasteiger partial charge in [0.25, 0.3) is 5.91 Å². The number of benzene rings is 2. The van der Waals surface area contributed by atoms with E-state index in [2.05, 4.69) is 12.2 Å². The average Bonchev–Trinajstić information content (AvgIpc) is 2.67. The number of hydrogen-bond donors (Lipinski definition) is 1. The van der Waals surface area contributed by atoms with Gasteiger partial charge in [0.05, 0.1) is 4.90 Å². The Kier molecular flexibility index (Phi) is 8.02. The number of aryl methyl sites for hydroxylation is 1. The minimum absolute atomic E-state index is 0.120. The molecule has 152 valence electrons. The number of anilines is 1. The van der Waals surface area contributed by atoms with Crippen molar-refractivity contribution in [1.29, 1.82) is 0 Å². The fourth-order valence-electron chi connectivity index (χ4n) is 2.62. The Bertz CT molecular complexity index is 878. The number of carbonyl (C=O) groups excluding carboxylic acids is 1. The van der Waals surface area contributed by atoms with Crippen molar-refractivity contribution in [2.24, 2.45) is 0 Å². The molecule has 0 heterocycles. The number of amides is 1. The van der Waals surface area contributed by atoms with Crippen LogP contribution in [0.4, 0.5) is 5.69 Å². The maximum Gasteiger partial charge on any atom is 0.262 e. The van der Waals surface area contributed by atoms with Gasteiger partial charge in [-0.15, -0.1) is 0 Å². The summed E-state index contributed by atoms with van der Waals surface area (Å²) in [5.41, 5.74) is 1.66. The van der Waals surface area contributed by atoms with E-state index in [1.165, 1.54) is 51.1 Å². The van der Waals surface area contributed by atoms with Crippen molar-refractivity contribution in [2.75, 3.05) is 26.0 Å². The zero-order valence-corrected chi connectivity index (χ0v) is 17.5. The topological polar surface area (TPSA) is 75.7 Å². The fraction of sp³-hybridized carbons (Fsp3) is 0.381. The number of carbonyl (C=O) groups is 1. The van der Waals surface area contributed by atoms with E-state index in [0.29, 0.717) is 11.4 Å². The molecular formula is C21H28N2O4S. The van der Waals surface area contributed by atoms with E-state index in [0.717, 1.165) is 10.7 Å². The monoisotopic (exact) mass is 404 g/mol. The van der Waals surface area contributed by atoms with Gasteiger partial charge >= 0.3 is 0 Å². The summed E-state index contributed by atoms with van der Waals surface area (Å²) in [6.07, 6.45) is 4.62. The van der Waals surface area contributed by atoms with Gasteiger partial charge in [0.2, 0.25) is 10.0 Å². The van der Waals surface area contributed by atoms with Gasteiger partial charge in [0.15, 0.2) is 6.61 Å². The summed E-state index contributed by atoms with van der Waals surface area (Å²) in [6, 6.07) is 13.9. The quantitative estimate of drug-likeness (QED) is 0.613. The second-order valence-corrected chi connectivity index (χ2v) is 8.91. The maximum atomic E-state index is 12.2. The van der Waals surface area contributed by atoms with Gasteiger partial charge in [-0.05, 0) is 48.7 Å². The van der Waals surface area contributed by atoms with E-state index in [-0.39, 0.29) is 17.4 Å². The molecule has 0 bridgehead atoms. The van der Waals surface area contributed by atoms with E-state index in [9.17, 15) is 13.2 Å². The molecule has 0 unspecified atom stereocenters. The van der Waals surface area contributed by atoms with Crippen LogP contribution in [0.2, 0.25) is 0 Å². The molecule has 28 heavy (non-hydrogen) atoms. The van der Waals surface area contributed by atoms with Crippen LogP contribution in [0.25, 0.3) is 0 Å². The van der Waals surface area contributed by atoms with Gasteiger partial charge in [-0.2, -0.15) is 0 Å². The molecule has 0 spiro atoms. The van der Waals surface area contributed by atoms with Crippen molar-refractivity contribution in [1.82, 2.24) is 4.31 Å². The van der Waals surface area contributed by atoms with Gasteiger partial charge in [0.1, 0.15) is 5.75 Å².